The highest BCUT2D eigenvalue weighted by atomic mass is 35.5. The van der Waals surface area contributed by atoms with Gasteiger partial charge in [0, 0.05) is 19.2 Å². The largest absolute Gasteiger partial charge is 0.478 e. The molecule has 0 bridgehead atoms. The van der Waals surface area contributed by atoms with Gasteiger partial charge in [0.2, 0.25) is 11.8 Å². The number of halogens is 2. The van der Waals surface area contributed by atoms with E-state index in [1.54, 1.807) is 31.3 Å². The zero-order valence-electron chi connectivity index (χ0n) is 15.1. The molecule has 0 unspecified atom stereocenters. The molecule has 0 spiro atoms. The summed E-state index contributed by atoms with van der Waals surface area (Å²) in [6.07, 6.45) is -0.00792. The van der Waals surface area contributed by atoms with E-state index < -0.39 is 17.1 Å². The monoisotopic (exact) mass is 451 g/mol. The molecule has 2 aromatic rings. The van der Waals surface area contributed by atoms with Crippen LogP contribution in [0.5, 0.6) is 0 Å². The number of carbonyl (C=O) groups is 3. The molecule has 10 heteroatoms. The van der Waals surface area contributed by atoms with Crippen LogP contribution in [0.1, 0.15) is 16.8 Å². The summed E-state index contributed by atoms with van der Waals surface area (Å²) < 4.78 is 0. The Labute approximate surface area is 180 Å². The van der Waals surface area contributed by atoms with Crippen molar-refractivity contribution in [2.24, 2.45) is 4.99 Å². The number of rotatable bonds is 4. The summed E-state index contributed by atoms with van der Waals surface area (Å²) in [6.45, 7) is 0. The van der Waals surface area contributed by atoms with E-state index in [1.165, 1.54) is 23.1 Å². The van der Waals surface area contributed by atoms with Crippen molar-refractivity contribution in [2.45, 2.75) is 11.7 Å². The highest BCUT2D eigenvalue weighted by molar-refractivity contribution is 8.15. The number of thioether (sulfide) groups is 1. The van der Waals surface area contributed by atoms with Gasteiger partial charge in [0.05, 0.1) is 21.3 Å². The van der Waals surface area contributed by atoms with Gasteiger partial charge in [-0.25, -0.2) is 9.79 Å². The van der Waals surface area contributed by atoms with Crippen molar-refractivity contribution in [1.82, 2.24) is 4.90 Å². The molecule has 2 amide bonds. The Morgan fingerprint density at radius 3 is 2.66 bits per heavy atom. The molecular formula is C19H15Cl2N3O4S. The van der Waals surface area contributed by atoms with Crippen LogP contribution in [0, 0.1) is 0 Å². The maximum Gasteiger partial charge on any atom is 0.335 e. The number of aromatic carboxylic acids is 1. The number of nitrogens with zero attached hydrogens (tertiary/aromatic N) is 2. The molecule has 0 radical (unpaired) electrons. The van der Waals surface area contributed by atoms with Gasteiger partial charge < -0.3 is 10.4 Å². The predicted octanol–water partition coefficient (Wildman–Crippen LogP) is 4.28. The van der Waals surface area contributed by atoms with Gasteiger partial charge in [-0.3, -0.25) is 14.5 Å². The number of carboxylic acids is 1. The first-order valence-electron chi connectivity index (χ1n) is 8.36. The van der Waals surface area contributed by atoms with Crippen LogP contribution in [0.15, 0.2) is 47.5 Å². The van der Waals surface area contributed by atoms with Crippen molar-refractivity contribution >= 4 is 69.3 Å². The van der Waals surface area contributed by atoms with Gasteiger partial charge >= 0.3 is 5.97 Å². The first kappa shape index (κ1) is 21.2. The van der Waals surface area contributed by atoms with E-state index >= 15 is 0 Å². The summed E-state index contributed by atoms with van der Waals surface area (Å²) in [4.78, 5) is 41.9. The number of carboxylic acid groups (broad SMARTS) is 1. The summed E-state index contributed by atoms with van der Waals surface area (Å²) >= 11 is 13.1. The summed E-state index contributed by atoms with van der Waals surface area (Å²) in [6, 6.07) is 10.7. The molecule has 1 aliphatic rings. The van der Waals surface area contributed by atoms with Crippen LogP contribution in [-0.4, -0.2) is 45.3 Å². The summed E-state index contributed by atoms with van der Waals surface area (Å²) in [5, 5.41) is 12.1. The molecule has 0 saturated carbocycles. The Bertz CT molecular complexity index is 1030. The van der Waals surface area contributed by atoms with E-state index in [9.17, 15) is 14.4 Å². The van der Waals surface area contributed by atoms with Crippen molar-refractivity contribution < 1.29 is 19.5 Å². The zero-order chi connectivity index (χ0) is 21.1. The Kier molecular flexibility index (Phi) is 6.46. The minimum atomic E-state index is -1.10. The van der Waals surface area contributed by atoms with Crippen molar-refractivity contribution in [3.05, 3.63) is 58.1 Å². The molecule has 0 aromatic heterocycles. The summed E-state index contributed by atoms with van der Waals surface area (Å²) in [5.41, 5.74) is 0.887. The highest BCUT2D eigenvalue weighted by Gasteiger charge is 2.34. The van der Waals surface area contributed by atoms with E-state index in [-0.39, 0.29) is 17.9 Å². The van der Waals surface area contributed by atoms with Crippen LogP contribution < -0.4 is 5.32 Å². The predicted molar refractivity (Wildman–Crippen MR) is 114 cm³/mol. The number of amides is 2. The second-order valence-corrected chi connectivity index (χ2v) is 8.12. The third-order valence-electron chi connectivity index (χ3n) is 4.07. The summed E-state index contributed by atoms with van der Waals surface area (Å²) in [7, 11) is 1.58. The van der Waals surface area contributed by atoms with Gasteiger partial charge in [-0.05, 0) is 36.4 Å². The fourth-order valence-electron chi connectivity index (χ4n) is 2.52. The number of hydrogen-bond acceptors (Lipinski definition) is 5. The lowest BCUT2D eigenvalue weighted by Crippen LogP contribution is -2.43. The minimum absolute atomic E-state index is 0.00792. The Balaban J connectivity index is 1.79. The normalized spacial score (nSPS) is 18.0. The number of hydrogen-bond donors (Lipinski definition) is 2. The first-order chi connectivity index (χ1) is 13.7. The Morgan fingerprint density at radius 1 is 1.21 bits per heavy atom. The molecule has 2 aromatic carbocycles. The van der Waals surface area contributed by atoms with Gasteiger partial charge in [-0.2, -0.15) is 0 Å². The van der Waals surface area contributed by atoms with Crippen LogP contribution in [0.4, 0.5) is 11.4 Å². The second-order valence-electron chi connectivity index (χ2n) is 6.13. The molecule has 1 aliphatic heterocycles. The average molecular weight is 452 g/mol. The maximum atomic E-state index is 12.7. The molecule has 3 rings (SSSR count). The van der Waals surface area contributed by atoms with Crippen LogP contribution in [0.2, 0.25) is 10.0 Å². The van der Waals surface area contributed by atoms with E-state index in [1.807, 2.05) is 0 Å². The van der Waals surface area contributed by atoms with Gasteiger partial charge in [-0.15, -0.1) is 0 Å². The summed E-state index contributed by atoms with van der Waals surface area (Å²) in [5.74, 6) is -1.77. The molecular weight excluding hydrogens is 437 g/mol. The first-order valence-corrected chi connectivity index (χ1v) is 9.99. The van der Waals surface area contributed by atoms with Crippen LogP contribution in [-0.2, 0) is 9.59 Å². The number of nitrogens with one attached hydrogen (secondary N) is 1. The molecule has 2 N–H and O–H groups in total. The van der Waals surface area contributed by atoms with Crippen LogP contribution in [0.3, 0.4) is 0 Å². The number of aliphatic imine (C=N–C) groups is 1. The lowest BCUT2D eigenvalue weighted by Gasteiger charge is -2.28. The van der Waals surface area contributed by atoms with Crippen molar-refractivity contribution in [1.29, 1.82) is 0 Å². The molecule has 1 atom stereocenters. The third-order valence-corrected chi connectivity index (χ3v) is 6.05. The van der Waals surface area contributed by atoms with E-state index in [0.717, 1.165) is 11.8 Å². The van der Waals surface area contributed by atoms with Crippen LogP contribution in [0.25, 0.3) is 0 Å². The molecule has 1 saturated heterocycles. The van der Waals surface area contributed by atoms with E-state index in [0.29, 0.717) is 26.6 Å². The molecule has 0 aliphatic carbocycles. The Hall–Kier alpha value is -2.55. The van der Waals surface area contributed by atoms with E-state index in [4.69, 9.17) is 28.3 Å². The van der Waals surface area contributed by atoms with Crippen LogP contribution >= 0.6 is 35.0 Å². The smallest absolute Gasteiger partial charge is 0.335 e. The van der Waals surface area contributed by atoms with Gasteiger partial charge in [0.25, 0.3) is 0 Å². The van der Waals surface area contributed by atoms with Gasteiger partial charge in [0.15, 0.2) is 5.17 Å². The van der Waals surface area contributed by atoms with Gasteiger partial charge in [0.1, 0.15) is 5.25 Å². The second kappa shape index (κ2) is 8.86. The fourth-order valence-corrected chi connectivity index (χ4v) is 3.87. The quantitative estimate of drug-likeness (QED) is 0.722. The number of benzene rings is 2. The third kappa shape index (κ3) is 5.09. The maximum absolute atomic E-state index is 12.7. The minimum Gasteiger partial charge on any atom is -0.478 e. The SMILES string of the molecule is CN1C(=O)C[C@@H](C(=O)Nc2cccc(C(=O)O)c2)SC1=Nc1ccc(Cl)c(Cl)c1. The standard InChI is InChI=1S/C19H15Cl2N3O4S/c1-24-16(25)9-15(17(26)22-11-4-2-3-10(7-11)18(27)28)29-19(24)23-12-5-6-13(20)14(21)8-12/h2-8,15H,9H2,1H3,(H,22,26)(H,27,28)/t15-/m0/s1. The molecule has 29 heavy (non-hydrogen) atoms. The average Bonchev–Trinajstić information content (AvgIpc) is 2.68. The van der Waals surface area contributed by atoms with Crippen molar-refractivity contribution in [3.8, 4) is 0 Å². The van der Waals surface area contributed by atoms with E-state index in [2.05, 4.69) is 10.3 Å². The van der Waals surface area contributed by atoms with Gasteiger partial charge in [-0.1, -0.05) is 41.0 Å². The molecule has 7 nitrogen and oxygen atoms in total. The molecule has 1 heterocycles. The highest BCUT2D eigenvalue weighted by Crippen LogP contribution is 2.31. The number of amidine groups is 1. The van der Waals surface area contributed by atoms with Crippen molar-refractivity contribution in [3.63, 3.8) is 0 Å². The molecule has 150 valence electrons. The lowest BCUT2D eigenvalue weighted by atomic mass is 10.2. The molecule has 1 fully saturated rings. The zero-order valence-corrected chi connectivity index (χ0v) is 17.4. The number of anilines is 1. The number of carbonyl (C=O) groups excluding carboxylic acids is 2. The fraction of sp³-hybridized carbons (Fsp3) is 0.158. The lowest BCUT2D eigenvalue weighted by molar-refractivity contribution is -0.128. The van der Waals surface area contributed by atoms with Crippen molar-refractivity contribution in [2.75, 3.05) is 12.4 Å². The topological polar surface area (TPSA) is 99.1 Å². The Morgan fingerprint density at radius 2 is 1.97 bits per heavy atom.